The van der Waals surface area contributed by atoms with Gasteiger partial charge < -0.3 is 44.7 Å². The maximum atomic E-state index is 12.7. The molecule has 1 amide bonds. The van der Waals surface area contributed by atoms with Crippen molar-refractivity contribution in [1.82, 2.24) is 5.32 Å². The standard InChI is InChI=1S/C17H19NO9/c1-16(2)26-11-9(20)14(21)17(23)5-3-6-10(25-4-24-6)8(19)7(5)15(22)18-13(17)12(11)27-16/h3,9,11-14,19-21,23H,4H2,1-2H3,(H,18,22)/t9-,11-,12-,13+,14-,17+/m1/s1. The molecule has 1 aliphatic carbocycles. The monoisotopic (exact) mass is 381 g/mol. The maximum Gasteiger partial charge on any atom is 0.256 e. The first-order valence-corrected chi connectivity index (χ1v) is 8.56. The first kappa shape index (κ1) is 17.0. The summed E-state index contributed by atoms with van der Waals surface area (Å²) < 4.78 is 21.9. The van der Waals surface area contributed by atoms with E-state index in [0.29, 0.717) is 0 Å². The molecule has 0 unspecified atom stereocenters. The molecule has 10 heteroatoms. The van der Waals surface area contributed by atoms with Crippen LogP contribution in [0.15, 0.2) is 6.07 Å². The fourth-order valence-corrected chi connectivity index (χ4v) is 4.52. The van der Waals surface area contributed by atoms with Gasteiger partial charge >= 0.3 is 0 Å². The van der Waals surface area contributed by atoms with Gasteiger partial charge in [0, 0.05) is 5.56 Å². The second-order valence-corrected chi connectivity index (χ2v) is 7.66. The van der Waals surface area contributed by atoms with Crippen LogP contribution in [0.25, 0.3) is 0 Å². The minimum absolute atomic E-state index is 0.0174. The first-order chi connectivity index (χ1) is 12.6. The summed E-state index contributed by atoms with van der Waals surface area (Å²) in [6.45, 7) is 3.11. The molecule has 3 aliphatic heterocycles. The molecule has 5 N–H and O–H groups in total. The van der Waals surface area contributed by atoms with E-state index in [1.165, 1.54) is 6.07 Å². The minimum Gasteiger partial charge on any atom is -0.504 e. The fraction of sp³-hybridized carbons (Fsp3) is 0.588. The number of aliphatic hydroxyl groups is 3. The summed E-state index contributed by atoms with van der Waals surface area (Å²) in [6, 6.07) is 0.211. The van der Waals surface area contributed by atoms with Crippen molar-refractivity contribution < 1.29 is 44.2 Å². The number of rotatable bonds is 0. The molecule has 0 spiro atoms. The average molecular weight is 381 g/mol. The Labute approximate surface area is 153 Å². The summed E-state index contributed by atoms with van der Waals surface area (Å²) in [6.07, 6.45) is -5.09. The van der Waals surface area contributed by atoms with Crippen LogP contribution in [0.1, 0.15) is 29.8 Å². The van der Waals surface area contributed by atoms with Gasteiger partial charge in [-0.05, 0) is 19.9 Å². The van der Waals surface area contributed by atoms with Crippen LogP contribution in [0.4, 0.5) is 0 Å². The summed E-state index contributed by atoms with van der Waals surface area (Å²) in [4.78, 5) is 12.7. The van der Waals surface area contributed by atoms with Gasteiger partial charge in [-0.3, -0.25) is 4.79 Å². The van der Waals surface area contributed by atoms with Crippen LogP contribution < -0.4 is 14.8 Å². The van der Waals surface area contributed by atoms with E-state index in [1.54, 1.807) is 13.8 Å². The van der Waals surface area contributed by atoms with Crippen molar-refractivity contribution in [1.29, 1.82) is 0 Å². The van der Waals surface area contributed by atoms with Gasteiger partial charge in [0.25, 0.3) is 5.91 Å². The molecule has 4 aliphatic rings. The number of amides is 1. The van der Waals surface area contributed by atoms with E-state index in [2.05, 4.69) is 5.32 Å². The zero-order valence-corrected chi connectivity index (χ0v) is 14.5. The van der Waals surface area contributed by atoms with E-state index in [-0.39, 0.29) is 29.4 Å². The number of aliphatic hydroxyl groups excluding tert-OH is 2. The van der Waals surface area contributed by atoms with Gasteiger partial charge in [-0.15, -0.1) is 0 Å². The summed E-state index contributed by atoms with van der Waals surface area (Å²) in [5.41, 5.74) is -2.47. The summed E-state index contributed by atoms with van der Waals surface area (Å²) in [7, 11) is 0. The zero-order valence-electron chi connectivity index (χ0n) is 14.5. The molecule has 0 radical (unpaired) electrons. The minimum atomic E-state index is -2.15. The van der Waals surface area contributed by atoms with E-state index >= 15 is 0 Å². The highest BCUT2D eigenvalue weighted by Gasteiger charge is 2.67. The molecule has 5 rings (SSSR count). The Morgan fingerprint density at radius 1 is 1.19 bits per heavy atom. The third-order valence-corrected chi connectivity index (χ3v) is 5.66. The molecule has 1 saturated heterocycles. The maximum absolute atomic E-state index is 12.7. The molecule has 146 valence electrons. The molecule has 1 aromatic carbocycles. The highest BCUT2D eigenvalue weighted by Crippen LogP contribution is 2.53. The molecule has 2 fully saturated rings. The van der Waals surface area contributed by atoms with Crippen LogP contribution in [0, 0.1) is 0 Å². The number of hydrogen-bond donors (Lipinski definition) is 5. The number of nitrogens with one attached hydrogen (secondary N) is 1. The number of carbonyl (C=O) groups excluding carboxylic acids is 1. The largest absolute Gasteiger partial charge is 0.504 e. The van der Waals surface area contributed by atoms with Crippen molar-refractivity contribution in [2.75, 3.05) is 6.79 Å². The molecule has 1 aromatic rings. The highest BCUT2D eigenvalue weighted by atomic mass is 16.8. The predicted octanol–water partition coefficient (Wildman–Crippen LogP) is -1.32. The molecule has 0 aromatic heterocycles. The molecule has 6 atom stereocenters. The first-order valence-electron chi connectivity index (χ1n) is 8.56. The number of benzene rings is 1. The fourth-order valence-electron chi connectivity index (χ4n) is 4.52. The van der Waals surface area contributed by atoms with Gasteiger partial charge in [0.1, 0.15) is 30.0 Å². The van der Waals surface area contributed by atoms with E-state index in [4.69, 9.17) is 18.9 Å². The van der Waals surface area contributed by atoms with Gasteiger partial charge in [-0.25, -0.2) is 0 Å². The molecule has 0 bridgehead atoms. The van der Waals surface area contributed by atoms with E-state index in [9.17, 15) is 25.2 Å². The normalized spacial score (nSPS) is 40.8. The quantitative estimate of drug-likeness (QED) is 0.369. The molecule has 27 heavy (non-hydrogen) atoms. The van der Waals surface area contributed by atoms with Gasteiger partial charge in [0.05, 0.1) is 11.6 Å². The van der Waals surface area contributed by atoms with Crippen LogP contribution >= 0.6 is 0 Å². The third kappa shape index (κ3) is 1.99. The van der Waals surface area contributed by atoms with Crippen LogP contribution in [0.5, 0.6) is 17.2 Å². The van der Waals surface area contributed by atoms with Gasteiger partial charge in [0.15, 0.2) is 17.3 Å². The second-order valence-electron chi connectivity index (χ2n) is 7.66. The zero-order chi connectivity index (χ0) is 19.3. The van der Waals surface area contributed by atoms with Crippen LogP contribution in [0.3, 0.4) is 0 Å². The predicted molar refractivity (Wildman–Crippen MR) is 85.2 cm³/mol. The Morgan fingerprint density at radius 2 is 1.89 bits per heavy atom. The topological polar surface area (TPSA) is 147 Å². The number of ether oxygens (including phenoxy) is 4. The Kier molecular flexibility index (Phi) is 3.17. The van der Waals surface area contributed by atoms with Crippen LogP contribution in [-0.2, 0) is 15.1 Å². The Morgan fingerprint density at radius 3 is 2.63 bits per heavy atom. The van der Waals surface area contributed by atoms with E-state index < -0.39 is 53.5 Å². The van der Waals surface area contributed by atoms with Crippen molar-refractivity contribution >= 4 is 5.91 Å². The molecule has 10 nitrogen and oxygen atoms in total. The lowest BCUT2D eigenvalue weighted by Crippen LogP contribution is -2.74. The number of phenolic OH excluding ortho intramolecular Hbond substituents is 1. The lowest BCUT2D eigenvalue weighted by atomic mass is 9.66. The highest BCUT2D eigenvalue weighted by molar-refractivity contribution is 6.02. The van der Waals surface area contributed by atoms with Crippen molar-refractivity contribution in [2.24, 2.45) is 0 Å². The Hall–Kier alpha value is -2.11. The number of phenols is 1. The van der Waals surface area contributed by atoms with Crippen molar-refractivity contribution in [3.8, 4) is 17.2 Å². The summed E-state index contributed by atoms with van der Waals surface area (Å²) in [5, 5.41) is 45.9. The van der Waals surface area contributed by atoms with Gasteiger partial charge in [-0.2, -0.15) is 0 Å². The van der Waals surface area contributed by atoms with E-state index in [0.717, 1.165) is 0 Å². The summed E-state index contributed by atoms with van der Waals surface area (Å²) >= 11 is 0. The lowest BCUT2D eigenvalue weighted by Gasteiger charge is -2.52. The SMILES string of the molecule is CC1(C)O[C@@H]2[C@@H](O)[C@@H](O)[C@]3(O)c4cc5c(c(O)c4C(=O)N[C@H]3[C@@H]2O1)OCO5. The number of carbonyl (C=O) groups is 1. The lowest BCUT2D eigenvalue weighted by molar-refractivity contribution is -0.215. The van der Waals surface area contributed by atoms with Gasteiger partial charge in [0.2, 0.25) is 12.5 Å². The number of aromatic hydroxyl groups is 1. The van der Waals surface area contributed by atoms with E-state index in [1.807, 2.05) is 0 Å². The van der Waals surface area contributed by atoms with Crippen molar-refractivity contribution in [3.63, 3.8) is 0 Å². The smallest absolute Gasteiger partial charge is 0.256 e. The molecule has 3 heterocycles. The van der Waals surface area contributed by atoms with Crippen molar-refractivity contribution in [3.05, 3.63) is 17.2 Å². The average Bonchev–Trinajstić information content (AvgIpc) is 3.19. The number of fused-ring (bicyclic) bond motifs is 6. The molecular weight excluding hydrogens is 362 g/mol. The second kappa shape index (κ2) is 5.03. The third-order valence-electron chi connectivity index (χ3n) is 5.66. The van der Waals surface area contributed by atoms with Gasteiger partial charge in [-0.1, -0.05) is 0 Å². The Bertz CT molecular complexity index is 855. The summed E-state index contributed by atoms with van der Waals surface area (Å²) in [5.74, 6) is -2.15. The molecule has 1 saturated carbocycles. The van der Waals surface area contributed by atoms with Crippen LogP contribution in [-0.4, -0.2) is 69.4 Å². The Balaban J connectivity index is 1.72. The molecular formula is C17H19NO9. The van der Waals surface area contributed by atoms with Crippen molar-refractivity contribution in [2.45, 2.75) is 55.7 Å². The number of hydrogen-bond acceptors (Lipinski definition) is 9. The van der Waals surface area contributed by atoms with Crippen LogP contribution in [0.2, 0.25) is 0 Å².